The fraction of sp³-hybridized carbons (Fsp3) is 0.455. The number of methoxy groups -OCH3 is 2. The lowest BCUT2D eigenvalue weighted by Crippen LogP contribution is -2.57. The Morgan fingerprint density at radius 1 is 0.559 bits per heavy atom. The third-order valence-corrected chi connectivity index (χ3v) is 10.0. The van der Waals surface area contributed by atoms with Crippen molar-refractivity contribution in [1.29, 1.82) is 0 Å². The molecule has 0 radical (unpaired) electrons. The van der Waals surface area contributed by atoms with E-state index in [1.54, 1.807) is 13.8 Å². The lowest BCUT2D eigenvalue weighted by atomic mass is 9.85. The number of amides is 6. The summed E-state index contributed by atoms with van der Waals surface area (Å²) in [4.78, 5) is 82.0. The summed E-state index contributed by atoms with van der Waals surface area (Å²) in [6, 6.07) is 21.4. The molecule has 3 aromatic carbocycles. The van der Waals surface area contributed by atoms with Crippen LogP contribution in [0.2, 0.25) is 0 Å². The van der Waals surface area contributed by atoms with Crippen LogP contribution in [0.4, 0.5) is 26.7 Å². The Labute approximate surface area is 348 Å². The zero-order chi connectivity index (χ0) is 44.2. The number of hydrogen-bond acceptors (Lipinski definition) is 9. The molecule has 59 heavy (non-hydrogen) atoms. The second kappa shape index (κ2) is 20.5. The molecule has 0 fully saturated rings. The topological polar surface area (TPSA) is 179 Å². The second-order valence-electron chi connectivity index (χ2n) is 16.7. The van der Waals surface area contributed by atoms with E-state index in [1.165, 1.54) is 38.1 Å². The summed E-state index contributed by atoms with van der Waals surface area (Å²) in [5.41, 5.74) is 2.83. The van der Waals surface area contributed by atoms with Gasteiger partial charge in [0, 0.05) is 44.2 Å². The van der Waals surface area contributed by atoms with E-state index in [4.69, 9.17) is 9.47 Å². The summed E-state index contributed by atoms with van der Waals surface area (Å²) in [7, 11) is 5.50. The molecule has 0 aliphatic heterocycles. The Morgan fingerprint density at radius 2 is 0.898 bits per heavy atom. The van der Waals surface area contributed by atoms with Crippen molar-refractivity contribution in [2.45, 2.75) is 92.6 Å². The standard InChI is InChI=1S/C44H61N7O8/c1-28(49(9)39(54)35(43(3,4)5)47-41(56)58-11)37(52)45-32-22-18-30(19-23-32)26-51(34-16-14-13-15-17-34)27-31-20-24-33(25-21-31)46-38(53)29(2)50(10)40(55)36(44(6,7)8)48-42(57)59-12/h13-25,28-29,35-36H,26-27H2,1-12H3,(H,45,52)(H,46,53)(H,47,56)(H,48,57). The highest BCUT2D eigenvalue weighted by molar-refractivity contribution is 5.99. The molecule has 15 heteroatoms. The quantitative estimate of drug-likeness (QED) is 0.143. The van der Waals surface area contributed by atoms with Crippen LogP contribution < -0.4 is 26.2 Å². The number of para-hydroxylation sites is 1. The molecule has 0 aliphatic carbocycles. The van der Waals surface area contributed by atoms with E-state index >= 15 is 0 Å². The Kier molecular flexibility index (Phi) is 16.4. The lowest BCUT2D eigenvalue weighted by molar-refractivity contribution is -0.140. The van der Waals surface area contributed by atoms with Gasteiger partial charge in [0.2, 0.25) is 23.6 Å². The molecule has 3 rings (SSSR count). The van der Waals surface area contributed by atoms with E-state index in [1.807, 2.05) is 120 Å². The largest absolute Gasteiger partial charge is 0.453 e. The Bertz CT molecular complexity index is 1790. The fourth-order valence-electron chi connectivity index (χ4n) is 5.99. The van der Waals surface area contributed by atoms with Crippen LogP contribution in [0, 0.1) is 10.8 Å². The first-order chi connectivity index (χ1) is 27.6. The number of carbonyl (C=O) groups is 6. The van der Waals surface area contributed by atoms with E-state index < -0.39 is 59.0 Å². The van der Waals surface area contributed by atoms with Gasteiger partial charge in [0.15, 0.2) is 0 Å². The van der Waals surface area contributed by atoms with Crippen molar-refractivity contribution in [2.24, 2.45) is 10.8 Å². The summed E-state index contributed by atoms with van der Waals surface area (Å²) >= 11 is 0. The maximum absolute atomic E-state index is 13.4. The van der Waals surface area contributed by atoms with Crippen LogP contribution >= 0.6 is 0 Å². The van der Waals surface area contributed by atoms with Crippen molar-refractivity contribution >= 4 is 52.9 Å². The third kappa shape index (κ3) is 13.5. The first kappa shape index (κ1) is 47.3. The summed E-state index contributed by atoms with van der Waals surface area (Å²) in [6.45, 7) is 15.2. The Hall–Kier alpha value is -6.12. The number of anilines is 3. The van der Waals surface area contributed by atoms with Gasteiger partial charge in [0.25, 0.3) is 0 Å². The molecule has 0 aromatic heterocycles. The van der Waals surface area contributed by atoms with Gasteiger partial charge in [0.05, 0.1) is 14.2 Å². The predicted molar refractivity (Wildman–Crippen MR) is 229 cm³/mol. The van der Waals surface area contributed by atoms with Crippen molar-refractivity contribution < 1.29 is 38.2 Å². The normalized spacial score (nSPS) is 13.4. The van der Waals surface area contributed by atoms with Gasteiger partial charge in [-0.1, -0.05) is 84.0 Å². The van der Waals surface area contributed by atoms with Gasteiger partial charge in [-0.25, -0.2) is 9.59 Å². The molecular weight excluding hydrogens is 755 g/mol. The number of carbonyl (C=O) groups excluding carboxylic acids is 6. The van der Waals surface area contributed by atoms with Crippen molar-refractivity contribution in [1.82, 2.24) is 20.4 Å². The average molecular weight is 816 g/mol. The van der Waals surface area contributed by atoms with Crippen LogP contribution in [0.15, 0.2) is 78.9 Å². The molecule has 320 valence electrons. The molecule has 0 spiro atoms. The fourth-order valence-corrected chi connectivity index (χ4v) is 5.99. The summed E-state index contributed by atoms with van der Waals surface area (Å²) in [5.74, 6) is -1.62. The Balaban J connectivity index is 1.67. The molecule has 0 aliphatic rings. The van der Waals surface area contributed by atoms with Crippen LogP contribution in [0.3, 0.4) is 0 Å². The van der Waals surface area contributed by atoms with Gasteiger partial charge < -0.3 is 45.4 Å². The van der Waals surface area contributed by atoms with Crippen LogP contribution in [0.1, 0.15) is 66.5 Å². The van der Waals surface area contributed by atoms with Crippen molar-refractivity contribution in [3.05, 3.63) is 90.0 Å². The number of hydrogen-bond donors (Lipinski definition) is 4. The maximum Gasteiger partial charge on any atom is 0.407 e. The minimum absolute atomic E-state index is 0.387. The van der Waals surface area contributed by atoms with Crippen LogP contribution in [0.25, 0.3) is 0 Å². The number of nitrogens with zero attached hydrogens (tertiary/aromatic N) is 3. The highest BCUT2D eigenvalue weighted by Crippen LogP contribution is 2.25. The maximum atomic E-state index is 13.4. The smallest absolute Gasteiger partial charge is 0.407 e. The Morgan fingerprint density at radius 3 is 1.20 bits per heavy atom. The second-order valence-corrected chi connectivity index (χ2v) is 16.7. The SMILES string of the molecule is COC(=O)NC(C(=O)N(C)C(C)C(=O)Nc1ccc(CN(Cc2ccc(NC(=O)C(C)N(C)C(=O)C(NC(=O)OC)C(C)(C)C)cc2)c2ccccc2)cc1)C(C)(C)C. The van der Waals surface area contributed by atoms with E-state index in [0.29, 0.717) is 24.5 Å². The molecule has 6 amide bonds. The zero-order valence-electron chi connectivity index (χ0n) is 36.3. The van der Waals surface area contributed by atoms with Crippen LogP contribution in [-0.2, 0) is 41.7 Å². The van der Waals surface area contributed by atoms with Crippen molar-refractivity contribution in [2.75, 3.05) is 43.8 Å². The zero-order valence-corrected chi connectivity index (χ0v) is 36.3. The highest BCUT2D eigenvalue weighted by atomic mass is 16.5. The van der Waals surface area contributed by atoms with Gasteiger partial charge in [-0.2, -0.15) is 0 Å². The molecule has 0 heterocycles. The molecule has 15 nitrogen and oxygen atoms in total. The number of ether oxygens (including phenoxy) is 2. The molecule has 3 aromatic rings. The van der Waals surface area contributed by atoms with E-state index in [0.717, 1.165) is 16.8 Å². The van der Waals surface area contributed by atoms with Crippen LogP contribution in [0.5, 0.6) is 0 Å². The molecule has 4 unspecified atom stereocenters. The van der Waals surface area contributed by atoms with Gasteiger partial charge in [-0.05, 0) is 72.2 Å². The third-order valence-electron chi connectivity index (χ3n) is 10.0. The van der Waals surface area contributed by atoms with E-state index in [2.05, 4.69) is 26.2 Å². The summed E-state index contributed by atoms with van der Waals surface area (Å²) in [6.07, 6.45) is -1.47. The lowest BCUT2D eigenvalue weighted by Gasteiger charge is -2.35. The first-order valence-electron chi connectivity index (χ1n) is 19.4. The summed E-state index contributed by atoms with van der Waals surface area (Å²) < 4.78 is 9.40. The van der Waals surface area contributed by atoms with Crippen LogP contribution in [-0.4, -0.2) is 98.1 Å². The van der Waals surface area contributed by atoms with Gasteiger partial charge in [-0.15, -0.1) is 0 Å². The number of likely N-dealkylation sites (N-methyl/N-ethyl adjacent to an activating group) is 2. The minimum atomic E-state index is -0.910. The minimum Gasteiger partial charge on any atom is -0.453 e. The highest BCUT2D eigenvalue weighted by Gasteiger charge is 2.39. The van der Waals surface area contributed by atoms with Gasteiger partial charge >= 0.3 is 12.2 Å². The van der Waals surface area contributed by atoms with Gasteiger partial charge in [0.1, 0.15) is 24.2 Å². The molecular formula is C44H61N7O8. The van der Waals surface area contributed by atoms with Crippen molar-refractivity contribution in [3.8, 4) is 0 Å². The molecule has 4 atom stereocenters. The van der Waals surface area contributed by atoms with E-state index in [9.17, 15) is 28.8 Å². The number of rotatable bonds is 15. The number of alkyl carbamates (subject to hydrolysis) is 2. The average Bonchev–Trinajstić information content (AvgIpc) is 3.20. The van der Waals surface area contributed by atoms with E-state index in [-0.39, 0.29) is 11.8 Å². The number of benzene rings is 3. The predicted octanol–water partition coefficient (Wildman–Crippen LogP) is 6.01. The summed E-state index contributed by atoms with van der Waals surface area (Å²) in [5, 5.41) is 10.9. The first-order valence-corrected chi connectivity index (χ1v) is 19.4. The molecule has 0 saturated heterocycles. The molecule has 0 saturated carbocycles. The monoisotopic (exact) mass is 815 g/mol. The molecule has 4 N–H and O–H groups in total. The molecule has 0 bridgehead atoms. The number of nitrogens with one attached hydrogen (secondary N) is 4. The van der Waals surface area contributed by atoms with Gasteiger partial charge in [-0.3, -0.25) is 19.2 Å². The van der Waals surface area contributed by atoms with Crippen molar-refractivity contribution in [3.63, 3.8) is 0 Å².